The second kappa shape index (κ2) is 7.62. The van der Waals surface area contributed by atoms with E-state index in [4.69, 9.17) is 0 Å². The molecule has 1 atom stereocenters. The smallest absolute Gasteiger partial charge is 0.306 e. The van der Waals surface area contributed by atoms with E-state index < -0.39 is 22.3 Å². The Labute approximate surface area is 167 Å². The number of nitro benzene ring substituents is 1. The number of rotatable bonds is 4. The van der Waals surface area contributed by atoms with Crippen LogP contribution in [0.2, 0.25) is 0 Å². The van der Waals surface area contributed by atoms with Crippen LogP contribution in [0.1, 0.15) is 32.8 Å². The second-order valence-corrected chi connectivity index (χ2v) is 8.08. The maximum Gasteiger partial charge on any atom is 0.306 e. The minimum absolute atomic E-state index is 0.0192. The lowest BCUT2D eigenvalue weighted by Gasteiger charge is -2.23. The average molecular weight is 399 g/mol. The van der Waals surface area contributed by atoms with Gasteiger partial charge in [0.1, 0.15) is 0 Å². The van der Waals surface area contributed by atoms with E-state index in [-0.39, 0.29) is 35.9 Å². The number of nitro groups is 1. The van der Waals surface area contributed by atoms with Crippen LogP contribution in [-0.2, 0) is 15.0 Å². The van der Waals surface area contributed by atoms with E-state index >= 15 is 0 Å². The molecular formula is C21H22FN3O4. The van der Waals surface area contributed by atoms with E-state index in [2.05, 4.69) is 5.32 Å². The van der Waals surface area contributed by atoms with Gasteiger partial charge in [-0.05, 0) is 29.2 Å². The molecule has 0 spiro atoms. The van der Waals surface area contributed by atoms with Crippen LogP contribution in [0.3, 0.4) is 0 Å². The first-order valence-corrected chi connectivity index (χ1v) is 9.22. The predicted molar refractivity (Wildman–Crippen MR) is 107 cm³/mol. The number of nitrogens with zero attached hydrogens (tertiary/aromatic N) is 2. The molecule has 2 amide bonds. The Morgan fingerprint density at radius 3 is 2.59 bits per heavy atom. The number of benzene rings is 2. The summed E-state index contributed by atoms with van der Waals surface area (Å²) in [5, 5.41) is 13.9. The molecule has 1 aliphatic heterocycles. The van der Waals surface area contributed by atoms with Crippen molar-refractivity contribution in [1.29, 1.82) is 0 Å². The lowest BCUT2D eigenvalue weighted by atomic mass is 9.85. The molecule has 1 N–H and O–H groups in total. The molecule has 0 aromatic heterocycles. The highest BCUT2D eigenvalue weighted by Crippen LogP contribution is 2.32. The third-order valence-electron chi connectivity index (χ3n) is 4.93. The molecule has 0 aliphatic carbocycles. The molecule has 0 bridgehead atoms. The average Bonchev–Trinajstić information content (AvgIpc) is 3.03. The Hall–Kier alpha value is -3.29. The summed E-state index contributed by atoms with van der Waals surface area (Å²) in [5.74, 6) is -2.22. The molecule has 0 saturated carbocycles. The van der Waals surface area contributed by atoms with Crippen molar-refractivity contribution in [1.82, 2.24) is 0 Å². The van der Waals surface area contributed by atoms with Crippen LogP contribution in [0, 0.1) is 21.8 Å². The van der Waals surface area contributed by atoms with Gasteiger partial charge in [0.05, 0.1) is 16.5 Å². The Balaban J connectivity index is 1.78. The summed E-state index contributed by atoms with van der Waals surface area (Å²) < 4.78 is 13.6. The van der Waals surface area contributed by atoms with Crippen molar-refractivity contribution in [3.63, 3.8) is 0 Å². The number of carbonyl (C=O) groups excluding carboxylic acids is 2. The Morgan fingerprint density at radius 2 is 1.93 bits per heavy atom. The number of carbonyl (C=O) groups is 2. The number of anilines is 2. The normalized spacial score (nSPS) is 16.8. The van der Waals surface area contributed by atoms with E-state index in [0.717, 1.165) is 17.7 Å². The van der Waals surface area contributed by atoms with Crippen LogP contribution in [0.15, 0.2) is 42.5 Å². The molecule has 0 radical (unpaired) electrons. The summed E-state index contributed by atoms with van der Waals surface area (Å²) in [5.41, 5.74) is 0.988. The Kier molecular flexibility index (Phi) is 5.37. The number of amides is 2. The molecule has 1 saturated heterocycles. The van der Waals surface area contributed by atoms with Gasteiger partial charge in [0.15, 0.2) is 0 Å². The van der Waals surface area contributed by atoms with Crippen LogP contribution in [-0.4, -0.2) is 23.3 Å². The van der Waals surface area contributed by atoms with Gasteiger partial charge in [0, 0.05) is 24.7 Å². The maximum absolute atomic E-state index is 13.6. The van der Waals surface area contributed by atoms with Crippen LogP contribution >= 0.6 is 0 Å². The quantitative estimate of drug-likeness (QED) is 0.621. The standard InChI is InChI=1S/C21H22FN3O4/c1-21(2,3)15-6-4-5-7-17(15)23-20(27)13-10-19(26)24(12-13)14-8-9-16(22)18(11-14)25(28)29/h4-9,11,13H,10,12H2,1-3H3,(H,23,27). The van der Waals surface area contributed by atoms with Crippen LogP contribution in [0.25, 0.3) is 0 Å². The lowest BCUT2D eigenvalue weighted by molar-refractivity contribution is -0.387. The van der Waals surface area contributed by atoms with Crippen LogP contribution in [0.5, 0.6) is 0 Å². The number of hydrogen-bond acceptors (Lipinski definition) is 4. The summed E-state index contributed by atoms with van der Waals surface area (Å²) in [6, 6.07) is 10.8. The highest BCUT2D eigenvalue weighted by molar-refractivity contribution is 6.03. The molecule has 8 heteroatoms. The van der Waals surface area contributed by atoms with Crippen molar-refractivity contribution < 1.29 is 18.9 Å². The molecule has 1 heterocycles. The van der Waals surface area contributed by atoms with Gasteiger partial charge in [-0.2, -0.15) is 4.39 Å². The summed E-state index contributed by atoms with van der Waals surface area (Å²) in [4.78, 5) is 36.6. The van der Waals surface area contributed by atoms with Crippen molar-refractivity contribution in [2.24, 2.45) is 5.92 Å². The maximum atomic E-state index is 13.6. The molecule has 3 rings (SSSR count). The van der Waals surface area contributed by atoms with Gasteiger partial charge in [0.2, 0.25) is 17.6 Å². The minimum atomic E-state index is -0.974. The molecule has 29 heavy (non-hydrogen) atoms. The van der Waals surface area contributed by atoms with E-state index in [9.17, 15) is 24.1 Å². The van der Waals surface area contributed by atoms with Gasteiger partial charge in [-0.15, -0.1) is 0 Å². The topological polar surface area (TPSA) is 92.6 Å². The third kappa shape index (κ3) is 4.26. The Bertz CT molecular complexity index is 984. The summed E-state index contributed by atoms with van der Waals surface area (Å²) >= 11 is 0. The summed E-state index contributed by atoms with van der Waals surface area (Å²) in [6.07, 6.45) is -0.0192. The first kappa shape index (κ1) is 20.4. The molecule has 1 unspecified atom stereocenters. The molecule has 152 valence electrons. The fourth-order valence-corrected chi connectivity index (χ4v) is 3.42. The van der Waals surface area contributed by atoms with Gasteiger partial charge < -0.3 is 10.2 Å². The van der Waals surface area contributed by atoms with E-state index in [1.807, 2.05) is 45.0 Å². The van der Waals surface area contributed by atoms with Crippen molar-refractivity contribution in [2.75, 3.05) is 16.8 Å². The van der Waals surface area contributed by atoms with Gasteiger partial charge >= 0.3 is 5.69 Å². The Morgan fingerprint density at radius 1 is 1.24 bits per heavy atom. The monoisotopic (exact) mass is 399 g/mol. The lowest BCUT2D eigenvalue weighted by Crippen LogP contribution is -2.29. The van der Waals surface area contributed by atoms with E-state index in [1.165, 1.54) is 11.0 Å². The van der Waals surface area contributed by atoms with Gasteiger partial charge in [-0.1, -0.05) is 39.0 Å². The highest BCUT2D eigenvalue weighted by atomic mass is 19.1. The first-order valence-electron chi connectivity index (χ1n) is 9.22. The van der Waals surface area contributed by atoms with Gasteiger partial charge in [-0.25, -0.2) is 0 Å². The highest BCUT2D eigenvalue weighted by Gasteiger charge is 2.36. The molecule has 2 aromatic rings. The van der Waals surface area contributed by atoms with E-state index in [0.29, 0.717) is 5.69 Å². The third-order valence-corrected chi connectivity index (χ3v) is 4.93. The second-order valence-electron chi connectivity index (χ2n) is 8.08. The number of para-hydroxylation sites is 1. The molecular weight excluding hydrogens is 377 g/mol. The fourth-order valence-electron chi connectivity index (χ4n) is 3.42. The van der Waals surface area contributed by atoms with Gasteiger partial charge in [-0.3, -0.25) is 19.7 Å². The number of hydrogen-bond donors (Lipinski definition) is 1. The predicted octanol–water partition coefficient (Wildman–Crippen LogP) is 4.02. The number of nitrogens with one attached hydrogen (secondary N) is 1. The number of halogens is 1. The van der Waals surface area contributed by atoms with Crippen molar-refractivity contribution in [2.45, 2.75) is 32.6 Å². The molecule has 2 aromatic carbocycles. The van der Waals surface area contributed by atoms with Crippen molar-refractivity contribution in [3.8, 4) is 0 Å². The molecule has 7 nitrogen and oxygen atoms in total. The van der Waals surface area contributed by atoms with Crippen LogP contribution < -0.4 is 10.2 Å². The van der Waals surface area contributed by atoms with E-state index in [1.54, 1.807) is 0 Å². The van der Waals surface area contributed by atoms with Crippen molar-refractivity contribution >= 4 is 28.9 Å². The molecule has 1 aliphatic rings. The largest absolute Gasteiger partial charge is 0.326 e. The van der Waals surface area contributed by atoms with Crippen molar-refractivity contribution in [3.05, 3.63) is 64.0 Å². The summed E-state index contributed by atoms with van der Waals surface area (Å²) in [7, 11) is 0. The first-order chi connectivity index (χ1) is 13.6. The zero-order chi connectivity index (χ0) is 21.3. The minimum Gasteiger partial charge on any atom is -0.326 e. The SMILES string of the molecule is CC(C)(C)c1ccccc1NC(=O)C1CC(=O)N(c2ccc(F)c([N+](=O)[O-])c2)C1. The zero-order valence-electron chi connectivity index (χ0n) is 16.4. The van der Waals surface area contributed by atoms with Gasteiger partial charge in [0.25, 0.3) is 0 Å². The summed E-state index contributed by atoms with van der Waals surface area (Å²) in [6.45, 7) is 6.20. The molecule has 1 fully saturated rings. The van der Waals surface area contributed by atoms with Crippen LogP contribution in [0.4, 0.5) is 21.5 Å². The zero-order valence-corrected chi connectivity index (χ0v) is 16.4. The fraction of sp³-hybridized carbons (Fsp3) is 0.333.